The van der Waals surface area contributed by atoms with Crippen molar-refractivity contribution in [1.82, 2.24) is 0 Å². The molecule has 0 amide bonds. The molecule has 1 aromatic carbocycles. The monoisotopic (exact) mass is 283 g/mol. The summed E-state index contributed by atoms with van der Waals surface area (Å²) in [5.41, 5.74) is -0.0242. The lowest BCUT2D eigenvalue weighted by Crippen LogP contribution is -2.32. The molecule has 7 heteroatoms. The number of nitrogens with zero attached hydrogens (tertiary/aromatic N) is 1. The molecule has 0 spiro atoms. The van der Waals surface area contributed by atoms with E-state index in [2.05, 4.69) is 0 Å². The zero-order valence-corrected chi connectivity index (χ0v) is 10.7. The van der Waals surface area contributed by atoms with Crippen LogP contribution in [0.5, 0.6) is 5.75 Å². The third-order valence-electron chi connectivity index (χ3n) is 3.29. The molecule has 20 heavy (non-hydrogen) atoms. The third-order valence-corrected chi connectivity index (χ3v) is 3.29. The van der Waals surface area contributed by atoms with Crippen molar-refractivity contribution in [3.05, 3.63) is 29.1 Å². The number of aliphatic hydroxyl groups is 3. The van der Waals surface area contributed by atoms with Gasteiger partial charge in [-0.2, -0.15) is 5.26 Å². The summed E-state index contributed by atoms with van der Waals surface area (Å²) in [5, 5.41) is 37.4. The highest BCUT2D eigenvalue weighted by Crippen LogP contribution is 2.38. The van der Waals surface area contributed by atoms with Gasteiger partial charge in [-0.05, 0) is 6.07 Å². The smallest absolute Gasteiger partial charge is 0.141 e. The highest BCUT2D eigenvalue weighted by Gasteiger charge is 2.44. The van der Waals surface area contributed by atoms with Gasteiger partial charge in [-0.25, -0.2) is 4.39 Å². The molecule has 4 atom stereocenters. The molecule has 1 heterocycles. The quantitative estimate of drug-likeness (QED) is 0.713. The van der Waals surface area contributed by atoms with E-state index in [1.807, 2.05) is 0 Å². The van der Waals surface area contributed by atoms with Gasteiger partial charge < -0.3 is 24.8 Å². The topological polar surface area (TPSA) is 103 Å². The maximum atomic E-state index is 13.7. The fourth-order valence-corrected chi connectivity index (χ4v) is 2.21. The van der Waals surface area contributed by atoms with E-state index in [0.717, 1.165) is 6.07 Å². The zero-order valence-electron chi connectivity index (χ0n) is 10.7. The van der Waals surface area contributed by atoms with Gasteiger partial charge in [0.1, 0.15) is 42.1 Å². The van der Waals surface area contributed by atoms with Crippen molar-refractivity contribution < 1.29 is 29.2 Å². The van der Waals surface area contributed by atoms with Crippen LogP contribution < -0.4 is 4.74 Å². The summed E-state index contributed by atoms with van der Waals surface area (Å²) in [6.45, 7) is -0.476. The van der Waals surface area contributed by atoms with E-state index in [0.29, 0.717) is 0 Å². The lowest BCUT2D eigenvalue weighted by atomic mass is 9.99. The lowest BCUT2D eigenvalue weighted by Gasteiger charge is -2.18. The Morgan fingerprint density at radius 2 is 2.10 bits per heavy atom. The van der Waals surface area contributed by atoms with Crippen molar-refractivity contribution in [1.29, 1.82) is 5.26 Å². The van der Waals surface area contributed by atoms with E-state index in [-0.39, 0.29) is 16.9 Å². The first-order valence-electron chi connectivity index (χ1n) is 5.93. The van der Waals surface area contributed by atoms with Crippen molar-refractivity contribution in [3.63, 3.8) is 0 Å². The number of benzene rings is 1. The second kappa shape index (κ2) is 5.73. The first kappa shape index (κ1) is 14.7. The normalized spacial score (nSPS) is 29.2. The minimum atomic E-state index is -1.33. The highest BCUT2D eigenvalue weighted by molar-refractivity contribution is 5.45. The van der Waals surface area contributed by atoms with Crippen LogP contribution >= 0.6 is 0 Å². The van der Waals surface area contributed by atoms with Crippen LogP contribution in [0.2, 0.25) is 0 Å². The molecule has 0 aromatic heterocycles. The average Bonchev–Trinajstić information content (AvgIpc) is 2.74. The van der Waals surface area contributed by atoms with E-state index in [1.54, 1.807) is 6.07 Å². The first-order valence-corrected chi connectivity index (χ1v) is 5.93. The molecule has 0 radical (unpaired) electrons. The number of ether oxygens (including phenoxy) is 2. The number of halogens is 1. The summed E-state index contributed by atoms with van der Waals surface area (Å²) >= 11 is 0. The Morgan fingerprint density at radius 3 is 2.60 bits per heavy atom. The number of methoxy groups -OCH3 is 1. The summed E-state index contributed by atoms with van der Waals surface area (Å²) in [5.74, 6) is -0.612. The maximum Gasteiger partial charge on any atom is 0.141 e. The number of hydrogen-bond acceptors (Lipinski definition) is 6. The predicted octanol–water partition coefficient (Wildman–Crippen LogP) is -0.140. The van der Waals surface area contributed by atoms with Gasteiger partial charge in [-0.1, -0.05) is 0 Å². The van der Waals surface area contributed by atoms with Gasteiger partial charge in [0.15, 0.2) is 0 Å². The molecule has 108 valence electrons. The lowest BCUT2D eigenvalue weighted by molar-refractivity contribution is -0.0233. The van der Waals surface area contributed by atoms with Gasteiger partial charge in [0.25, 0.3) is 0 Å². The molecule has 3 N–H and O–H groups in total. The van der Waals surface area contributed by atoms with Crippen LogP contribution in [0.4, 0.5) is 4.39 Å². The minimum absolute atomic E-state index is 0.165. The van der Waals surface area contributed by atoms with Crippen molar-refractivity contribution in [2.75, 3.05) is 13.7 Å². The van der Waals surface area contributed by atoms with E-state index in [1.165, 1.54) is 13.2 Å². The van der Waals surface area contributed by atoms with Crippen molar-refractivity contribution in [2.24, 2.45) is 0 Å². The van der Waals surface area contributed by atoms with Crippen molar-refractivity contribution >= 4 is 0 Å². The van der Waals surface area contributed by atoms with Gasteiger partial charge in [0.2, 0.25) is 0 Å². The Balaban J connectivity index is 2.43. The van der Waals surface area contributed by atoms with Crippen molar-refractivity contribution in [3.8, 4) is 11.8 Å². The Morgan fingerprint density at radius 1 is 1.40 bits per heavy atom. The molecule has 0 saturated carbocycles. The Hall–Kier alpha value is -1.72. The second-order valence-electron chi connectivity index (χ2n) is 4.44. The molecule has 0 aliphatic carbocycles. The molecule has 1 fully saturated rings. The fourth-order valence-electron chi connectivity index (χ4n) is 2.21. The largest absolute Gasteiger partial charge is 0.496 e. The van der Waals surface area contributed by atoms with Crippen LogP contribution in [0.25, 0.3) is 0 Å². The van der Waals surface area contributed by atoms with Crippen molar-refractivity contribution in [2.45, 2.75) is 24.4 Å². The van der Waals surface area contributed by atoms with Crippen LogP contribution in [0, 0.1) is 17.1 Å². The Kier molecular flexibility index (Phi) is 4.20. The van der Waals surface area contributed by atoms with Crippen LogP contribution in [-0.4, -0.2) is 47.3 Å². The van der Waals surface area contributed by atoms with Crippen LogP contribution in [-0.2, 0) is 4.74 Å². The molecular formula is C13H14FNO5. The fraction of sp³-hybridized carbons (Fsp3) is 0.462. The molecular weight excluding hydrogens is 269 g/mol. The SMILES string of the molecule is COc1cc(C#N)c(F)cc1[C@@H]1O[C@H](CO)C(O)C1O. The number of nitriles is 1. The summed E-state index contributed by atoms with van der Waals surface area (Å²) in [6.07, 6.45) is -4.61. The zero-order chi connectivity index (χ0) is 14.9. The van der Waals surface area contributed by atoms with Gasteiger partial charge in [0, 0.05) is 11.6 Å². The summed E-state index contributed by atoms with van der Waals surface area (Å²) in [6, 6.07) is 3.90. The van der Waals surface area contributed by atoms with Gasteiger partial charge in [-0.3, -0.25) is 0 Å². The highest BCUT2D eigenvalue weighted by atomic mass is 19.1. The Labute approximate surface area is 114 Å². The maximum absolute atomic E-state index is 13.7. The minimum Gasteiger partial charge on any atom is -0.496 e. The molecule has 0 bridgehead atoms. The molecule has 1 saturated heterocycles. The summed E-state index contributed by atoms with van der Waals surface area (Å²) < 4.78 is 24.1. The molecule has 1 aliphatic rings. The first-order chi connectivity index (χ1) is 9.53. The van der Waals surface area contributed by atoms with Gasteiger partial charge in [-0.15, -0.1) is 0 Å². The van der Waals surface area contributed by atoms with E-state index in [9.17, 15) is 14.6 Å². The summed E-state index contributed by atoms with van der Waals surface area (Å²) in [7, 11) is 1.33. The van der Waals surface area contributed by atoms with Crippen LogP contribution in [0.3, 0.4) is 0 Å². The third kappa shape index (κ3) is 2.34. The molecule has 1 aliphatic heterocycles. The molecule has 2 unspecified atom stereocenters. The number of hydrogen-bond donors (Lipinski definition) is 3. The summed E-state index contributed by atoms with van der Waals surface area (Å²) in [4.78, 5) is 0. The molecule has 1 aromatic rings. The molecule has 6 nitrogen and oxygen atoms in total. The standard InChI is InChI=1S/C13H14FNO5/c1-19-9-2-6(4-15)8(14)3-7(9)13-12(18)11(17)10(5-16)20-13/h2-3,10-13,16-18H,5H2,1H3/t10-,11?,12?,13+/m1/s1. The molecule has 2 rings (SSSR count). The van der Waals surface area contributed by atoms with Gasteiger partial charge >= 0.3 is 0 Å². The van der Waals surface area contributed by atoms with Crippen LogP contribution in [0.1, 0.15) is 17.2 Å². The number of rotatable bonds is 3. The Bertz CT molecular complexity index is 544. The van der Waals surface area contributed by atoms with E-state index in [4.69, 9.17) is 19.8 Å². The van der Waals surface area contributed by atoms with E-state index < -0.39 is 36.8 Å². The van der Waals surface area contributed by atoms with Gasteiger partial charge in [0.05, 0.1) is 19.3 Å². The predicted molar refractivity (Wildman–Crippen MR) is 64.4 cm³/mol. The average molecular weight is 283 g/mol. The van der Waals surface area contributed by atoms with Crippen LogP contribution in [0.15, 0.2) is 12.1 Å². The van der Waals surface area contributed by atoms with E-state index >= 15 is 0 Å². The second-order valence-corrected chi connectivity index (χ2v) is 4.44. The number of aliphatic hydroxyl groups excluding tert-OH is 3.